The summed E-state index contributed by atoms with van der Waals surface area (Å²) in [5.74, 6) is 0.00926. The van der Waals surface area contributed by atoms with Crippen molar-refractivity contribution in [2.75, 3.05) is 0 Å². The van der Waals surface area contributed by atoms with Crippen LogP contribution in [0.5, 0.6) is 11.5 Å². The van der Waals surface area contributed by atoms with Crippen LogP contribution < -0.4 is 11.2 Å². The summed E-state index contributed by atoms with van der Waals surface area (Å²) in [5, 5.41) is 31.2. The van der Waals surface area contributed by atoms with Crippen molar-refractivity contribution in [1.82, 2.24) is 5.43 Å². The van der Waals surface area contributed by atoms with Gasteiger partial charge in [0.25, 0.3) is 0 Å². The van der Waals surface area contributed by atoms with E-state index in [1.165, 1.54) is 12.4 Å². The Kier molecular flexibility index (Phi) is 7.62. The van der Waals surface area contributed by atoms with Crippen LogP contribution in [-0.2, 0) is 0 Å². The van der Waals surface area contributed by atoms with Gasteiger partial charge in [-0.3, -0.25) is 0 Å². The van der Waals surface area contributed by atoms with Crippen LogP contribution in [-0.4, -0.2) is 28.6 Å². The van der Waals surface area contributed by atoms with Gasteiger partial charge in [0.2, 0.25) is 5.96 Å². The van der Waals surface area contributed by atoms with Crippen LogP contribution in [0.2, 0.25) is 0 Å². The monoisotopic (exact) mass is 609 g/mol. The van der Waals surface area contributed by atoms with Gasteiger partial charge < -0.3 is 15.9 Å². The molecule has 0 spiro atoms. The van der Waals surface area contributed by atoms with Crippen molar-refractivity contribution in [1.29, 1.82) is 0 Å². The van der Waals surface area contributed by atoms with Crippen molar-refractivity contribution in [2.24, 2.45) is 21.0 Å². The number of aromatic hydroxyl groups is 2. The molecule has 2 rings (SSSR count). The normalized spacial score (nSPS) is 12.2. The molecule has 0 atom stereocenters. The molecule has 0 saturated carbocycles. The number of rotatable bonds is 4. The minimum absolute atomic E-state index is 0.0346. The van der Waals surface area contributed by atoms with Gasteiger partial charge in [-0.05, 0) is 56.1 Å². The summed E-state index contributed by atoms with van der Waals surface area (Å²) in [6, 6.07) is 6.77. The highest BCUT2D eigenvalue weighted by Crippen LogP contribution is 2.31. The van der Waals surface area contributed by atoms with Gasteiger partial charge in [-0.15, -0.1) is 5.10 Å². The lowest BCUT2D eigenvalue weighted by Crippen LogP contribution is -2.26. The molecule has 0 amide bonds. The number of phenols is 2. The molecular formula is C15H11Br4N5O2. The molecule has 0 bridgehead atoms. The van der Waals surface area contributed by atoms with Crippen LogP contribution >= 0.6 is 63.7 Å². The van der Waals surface area contributed by atoms with Crippen molar-refractivity contribution in [3.63, 3.8) is 0 Å². The largest absolute Gasteiger partial charge is 0.506 e. The van der Waals surface area contributed by atoms with Gasteiger partial charge in [0.1, 0.15) is 11.5 Å². The fraction of sp³-hybridized carbons (Fsp3) is 0. The number of hydrogen-bond donors (Lipinski definition) is 4. The first kappa shape index (κ1) is 20.9. The maximum absolute atomic E-state index is 9.92. The molecule has 0 unspecified atom stereocenters. The van der Waals surface area contributed by atoms with Crippen LogP contribution in [0.25, 0.3) is 0 Å². The van der Waals surface area contributed by atoms with E-state index >= 15 is 0 Å². The zero-order valence-corrected chi connectivity index (χ0v) is 19.1. The van der Waals surface area contributed by atoms with Crippen LogP contribution in [0.1, 0.15) is 11.1 Å². The zero-order chi connectivity index (χ0) is 19.3. The lowest BCUT2D eigenvalue weighted by Gasteiger charge is -2.03. The van der Waals surface area contributed by atoms with Gasteiger partial charge in [0, 0.05) is 20.1 Å². The molecule has 136 valence electrons. The minimum atomic E-state index is -0.0698. The van der Waals surface area contributed by atoms with Crippen molar-refractivity contribution in [2.45, 2.75) is 0 Å². The van der Waals surface area contributed by atoms with E-state index in [0.29, 0.717) is 20.1 Å². The Balaban J connectivity index is 2.05. The number of guanidine groups is 1. The highest BCUT2D eigenvalue weighted by atomic mass is 79.9. The predicted octanol–water partition coefficient (Wildman–Crippen LogP) is 4.42. The average Bonchev–Trinajstić information content (AvgIpc) is 2.56. The third-order valence-corrected chi connectivity index (χ3v) is 4.98. The molecule has 0 aliphatic rings. The summed E-state index contributed by atoms with van der Waals surface area (Å²) in [6.45, 7) is 0. The fourth-order valence-electron chi connectivity index (χ4n) is 1.71. The third kappa shape index (κ3) is 5.79. The van der Waals surface area contributed by atoms with Crippen LogP contribution in [0, 0.1) is 0 Å². The Bertz CT molecular complexity index is 915. The van der Waals surface area contributed by atoms with E-state index in [4.69, 9.17) is 5.73 Å². The standard InChI is InChI=1S/C15H11Br4N5O2/c16-9-1-7(13(25)11(18)3-9)5-21-23-15(20)24-22-6-8-2-10(17)4-12(19)14(8)26/h1-6,25-26H,(H3,20,23,24)/b21-5-,22-6-. The molecule has 0 fully saturated rings. The molecule has 11 heteroatoms. The predicted molar refractivity (Wildman–Crippen MR) is 117 cm³/mol. The van der Waals surface area contributed by atoms with Gasteiger partial charge in [-0.1, -0.05) is 31.9 Å². The number of hydrogen-bond acceptors (Lipinski definition) is 5. The van der Waals surface area contributed by atoms with E-state index in [2.05, 4.69) is 84.4 Å². The lowest BCUT2D eigenvalue weighted by molar-refractivity contribution is 0.470. The number of hydrazone groups is 1. The van der Waals surface area contributed by atoms with Gasteiger partial charge in [0.15, 0.2) is 0 Å². The number of benzene rings is 2. The van der Waals surface area contributed by atoms with Crippen molar-refractivity contribution in [3.8, 4) is 11.5 Å². The molecule has 2 aromatic carbocycles. The highest BCUT2D eigenvalue weighted by molar-refractivity contribution is 9.11. The van der Waals surface area contributed by atoms with Gasteiger partial charge in [0.05, 0.1) is 21.4 Å². The van der Waals surface area contributed by atoms with Gasteiger partial charge in [-0.2, -0.15) is 10.2 Å². The smallest absolute Gasteiger partial charge is 0.234 e. The molecule has 26 heavy (non-hydrogen) atoms. The third-order valence-electron chi connectivity index (χ3n) is 2.86. The second-order valence-electron chi connectivity index (χ2n) is 4.75. The molecule has 2 aromatic rings. The summed E-state index contributed by atoms with van der Waals surface area (Å²) in [7, 11) is 0. The van der Waals surface area contributed by atoms with Crippen molar-refractivity contribution < 1.29 is 10.2 Å². The van der Waals surface area contributed by atoms with Crippen molar-refractivity contribution in [3.05, 3.63) is 53.3 Å². The van der Waals surface area contributed by atoms with E-state index in [-0.39, 0.29) is 17.5 Å². The minimum Gasteiger partial charge on any atom is -0.506 e. The van der Waals surface area contributed by atoms with E-state index in [1.54, 1.807) is 24.3 Å². The van der Waals surface area contributed by atoms with Gasteiger partial charge >= 0.3 is 0 Å². The summed E-state index contributed by atoms with van der Waals surface area (Å²) in [4.78, 5) is 0. The number of halogens is 4. The van der Waals surface area contributed by atoms with Gasteiger partial charge in [-0.25, -0.2) is 5.43 Å². The number of nitrogens with two attached hydrogens (primary N) is 1. The summed E-state index contributed by atoms with van der Waals surface area (Å²) < 4.78 is 2.59. The zero-order valence-electron chi connectivity index (χ0n) is 12.8. The van der Waals surface area contributed by atoms with E-state index in [0.717, 1.165) is 8.95 Å². The Morgan fingerprint density at radius 3 is 1.92 bits per heavy atom. The summed E-state index contributed by atoms with van der Waals surface area (Å²) in [5.41, 5.74) is 9.05. The molecular weight excluding hydrogens is 602 g/mol. The Morgan fingerprint density at radius 1 is 0.885 bits per heavy atom. The first-order valence-electron chi connectivity index (χ1n) is 6.79. The maximum Gasteiger partial charge on any atom is 0.234 e. The molecule has 5 N–H and O–H groups in total. The molecule has 0 radical (unpaired) electrons. The first-order valence-corrected chi connectivity index (χ1v) is 9.96. The maximum atomic E-state index is 9.92. The van der Waals surface area contributed by atoms with Crippen LogP contribution in [0.3, 0.4) is 0 Å². The Morgan fingerprint density at radius 2 is 1.38 bits per heavy atom. The van der Waals surface area contributed by atoms with E-state index in [1.807, 2.05) is 0 Å². The molecule has 0 aliphatic heterocycles. The second kappa shape index (κ2) is 9.49. The topological polar surface area (TPSA) is 116 Å². The number of phenolic OH excluding ortho intramolecular Hbond substituents is 2. The highest BCUT2D eigenvalue weighted by Gasteiger charge is 2.06. The molecule has 7 nitrogen and oxygen atoms in total. The molecule has 0 heterocycles. The fourth-order valence-corrected chi connectivity index (χ4v) is 4.23. The van der Waals surface area contributed by atoms with Crippen LogP contribution in [0.4, 0.5) is 0 Å². The van der Waals surface area contributed by atoms with E-state index < -0.39 is 0 Å². The van der Waals surface area contributed by atoms with E-state index in [9.17, 15) is 10.2 Å². The summed E-state index contributed by atoms with van der Waals surface area (Å²) >= 11 is 13.1. The Labute approximate surface area is 182 Å². The lowest BCUT2D eigenvalue weighted by atomic mass is 10.2. The SMILES string of the molecule is NC(=N/N=C\c1cc(Br)cc(Br)c1O)N/N=C\c1cc(Br)cc(Br)c1O. The number of nitrogens with zero attached hydrogens (tertiary/aromatic N) is 3. The number of nitrogens with one attached hydrogen (secondary N) is 1. The van der Waals surface area contributed by atoms with Crippen LogP contribution in [0.15, 0.2) is 57.5 Å². The Hall–Kier alpha value is -1.43. The second-order valence-corrected chi connectivity index (χ2v) is 8.29. The first-order chi connectivity index (χ1) is 12.3. The molecule has 0 aromatic heterocycles. The van der Waals surface area contributed by atoms with Crippen molar-refractivity contribution >= 4 is 82.1 Å². The molecule has 0 aliphatic carbocycles. The quantitative estimate of drug-likeness (QED) is 0.232. The molecule has 0 saturated heterocycles. The summed E-state index contributed by atoms with van der Waals surface area (Å²) in [6.07, 6.45) is 2.73. The average molecular weight is 613 g/mol.